The molecule has 2 N–H and O–H groups in total. The first-order valence-electron chi connectivity index (χ1n) is 6.15. The van der Waals surface area contributed by atoms with Crippen LogP contribution in [0.5, 0.6) is 0 Å². The first-order chi connectivity index (χ1) is 8.60. The van der Waals surface area contributed by atoms with Crippen molar-refractivity contribution in [3.8, 4) is 0 Å². The lowest BCUT2D eigenvalue weighted by atomic mass is 10.2. The van der Waals surface area contributed by atoms with E-state index in [9.17, 15) is 4.79 Å². The molecule has 0 atom stereocenters. The summed E-state index contributed by atoms with van der Waals surface area (Å²) in [5, 5.41) is 0. The molecule has 0 saturated carbocycles. The Kier molecular flexibility index (Phi) is 5.88. The number of furan rings is 1. The van der Waals surface area contributed by atoms with Gasteiger partial charge in [0, 0.05) is 20.2 Å². The van der Waals surface area contributed by atoms with E-state index in [4.69, 9.17) is 14.9 Å². The Balaban J connectivity index is 2.77. The van der Waals surface area contributed by atoms with E-state index < -0.39 is 0 Å². The second-order valence-electron chi connectivity index (χ2n) is 4.25. The third-order valence-corrected chi connectivity index (χ3v) is 2.76. The van der Waals surface area contributed by atoms with Crippen LogP contribution in [0.2, 0.25) is 0 Å². The van der Waals surface area contributed by atoms with Crippen LogP contribution in [0.3, 0.4) is 0 Å². The zero-order valence-corrected chi connectivity index (χ0v) is 11.4. The Labute approximate surface area is 108 Å². The molecule has 0 radical (unpaired) electrons. The Morgan fingerprint density at radius 2 is 2.17 bits per heavy atom. The zero-order chi connectivity index (χ0) is 13.5. The Bertz CT molecular complexity index is 380. The molecule has 0 fully saturated rings. The van der Waals surface area contributed by atoms with Crippen molar-refractivity contribution in [1.29, 1.82) is 0 Å². The van der Waals surface area contributed by atoms with E-state index >= 15 is 0 Å². The van der Waals surface area contributed by atoms with Crippen LogP contribution in [0.1, 0.15) is 28.3 Å². The number of aryl methyl sites for hydroxylation is 2. The minimum Gasteiger partial charge on any atom is -0.466 e. The molecule has 0 aromatic carbocycles. The van der Waals surface area contributed by atoms with Crippen LogP contribution in [0.25, 0.3) is 0 Å². The first kappa shape index (κ1) is 14.7. The highest BCUT2D eigenvalue weighted by Crippen LogP contribution is 2.16. The molecular formula is C13H22N2O3. The van der Waals surface area contributed by atoms with Crippen LogP contribution in [0, 0.1) is 13.8 Å². The van der Waals surface area contributed by atoms with Gasteiger partial charge >= 0.3 is 0 Å². The topological polar surface area (TPSA) is 68.7 Å². The highest BCUT2D eigenvalue weighted by Gasteiger charge is 2.19. The molecule has 1 amide bonds. The van der Waals surface area contributed by atoms with Gasteiger partial charge in [-0.25, -0.2) is 0 Å². The van der Waals surface area contributed by atoms with Gasteiger partial charge in [-0.1, -0.05) is 0 Å². The molecule has 102 valence electrons. The number of nitrogens with two attached hydrogens (primary N) is 1. The summed E-state index contributed by atoms with van der Waals surface area (Å²) in [7, 11) is 1.62. The van der Waals surface area contributed by atoms with Gasteiger partial charge < -0.3 is 19.8 Å². The first-order valence-corrected chi connectivity index (χ1v) is 6.15. The standard InChI is InChI=1S/C13H22N2O3/c1-10-9-12(11(2)18-10)13(16)15(6-4-5-14)7-8-17-3/h9H,4-8,14H2,1-3H3. The largest absolute Gasteiger partial charge is 0.466 e. The van der Waals surface area contributed by atoms with Gasteiger partial charge in [-0.05, 0) is 32.9 Å². The molecule has 0 aliphatic heterocycles. The fourth-order valence-electron chi connectivity index (χ4n) is 1.81. The molecule has 1 rings (SSSR count). The SMILES string of the molecule is COCCN(CCCN)C(=O)c1cc(C)oc1C. The van der Waals surface area contributed by atoms with Gasteiger partial charge in [0.25, 0.3) is 5.91 Å². The highest BCUT2D eigenvalue weighted by atomic mass is 16.5. The molecular weight excluding hydrogens is 232 g/mol. The van der Waals surface area contributed by atoms with Crippen molar-refractivity contribution in [3.05, 3.63) is 23.2 Å². The quantitative estimate of drug-likeness (QED) is 0.797. The smallest absolute Gasteiger partial charge is 0.257 e. The predicted octanol–water partition coefficient (Wildman–Crippen LogP) is 1.33. The molecule has 1 heterocycles. The monoisotopic (exact) mass is 254 g/mol. The summed E-state index contributed by atoms with van der Waals surface area (Å²) in [6, 6.07) is 1.78. The fourth-order valence-corrected chi connectivity index (χ4v) is 1.81. The minimum atomic E-state index is -0.0187. The molecule has 0 saturated heterocycles. The van der Waals surface area contributed by atoms with Crippen LogP contribution in [-0.4, -0.2) is 44.2 Å². The number of hydrogen-bond donors (Lipinski definition) is 1. The Hall–Kier alpha value is -1.33. The summed E-state index contributed by atoms with van der Waals surface area (Å²) in [4.78, 5) is 14.1. The lowest BCUT2D eigenvalue weighted by Crippen LogP contribution is -2.35. The molecule has 0 aliphatic carbocycles. The third-order valence-electron chi connectivity index (χ3n) is 2.76. The Morgan fingerprint density at radius 1 is 1.44 bits per heavy atom. The number of methoxy groups -OCH3 is 1. The third kappa shape index (κ3) is 3.85. The van der Waals surface area contributed by atoms with Gasteiger partial charge in [0.05, 0.1) is 12.2 Å². The van der Waals surface area contributed by atoms with Crippen molar-refractivity contribution >= 4 is 5.91 Å². The molecule has 1 aromatic heterocycles. The van der Waals surface area contributed by atoms with Gasteiger partial charge in [0.15, 0.2) is 0 Å². The van der Waals surface area contributed by atoms with Gasteiger partial charge in [0.1, 0.15) is 11.5 Å². The molecule has 0 aliphatic rings. The highest BCUT2D eigenvalue weighted by molar-refractivity contribution is 5.95. The van der Waals surface area contributed by atoms with E-state index in [2.05, 4.69) is 0 Å². The molecule has 0 bridgehead atoms. The molecule has 5 heteroatoms. The van der Waals surface area contributed by atoms with Gasteiger partial charge in [-0.15, -0.1) is 0 Å². The molecule has 1 aromatic rings. The maximum absolute atomic E-state index is 12.4. The lowest BCUT2D eigenvalue weighted by molar-refractivity contribution is 0.0693. The van der Waals surface area contributed by atoms with Crippen molar-refractivity contribution in [2.24, 2.45) is 5.73 Å². The number of rotatable bonds is 7. The Morgan fingerprint density at radius 3 is 2.67 bits per heavy atom. The lowest BCUT2D eigenvalue weighted by Gasteiger charge is -2.21. The summed E-state index contributed by atoms with van der Waals surface area (Å²) < 4.78 is 10.4. The van der Waals surface area contributed by atoms with E-state index in [1.54, 1.807) is 25.0 Å². The van der Waals surface area contributed by atoms with Crippen LogP contribution >= 0.6 is 0 Å². The van der Waals surface area contributed by atoms with Crippen molar-refractivity contribution in [3.63, 3.8) is 0 Å². The minimum absolute atomic E-state index is 0.0187. The second-order valence-corrected chi connectivity index (χ2v) is 4.25. The van der Waals surface area contributed by atoms with E-state index in [0.717, 1.165) is 12.2 Å². The summed E-state index contributed by atoms with van der Waals surface area (Å²) in [5.41, 5.74) is 6.12. The molecule has 5 nitrogen and oxygen atoms in total. The van der Waals surface area contributed by atoms with Crippen LogP contribution in [0.4, 0.5) is 0 Å². The summed E-state index contributed by atoms with van der Waals surface area (Å²) in [6.07, 6.45) is 0.783. The number of carbonyl (C=O) groups is 1. The normalized spacial score (nSPS) is 10.7. The maximum atomic E-state index is 12.4. The summed E-state index contributed by atoms with van der Waals surface area (Å²) in [6.45, 7) is 5.94. The maximum Gasteiger partial charge on any atom is 0.257 e. The van der Waals surface area contributed by atoms with Crippen molar-refractivity contribution in [1.82, 2.24) is 4.90 Å². The van der Waals surface area contributed by atoms with E-state index in [1.807, 2.05) is 6.92 Å². The van der Waals surface area contributed by atoms with E-state index in [1.165, 1.54) is 0 Å². The van der Waals surface area contributed by atoms with E-state index in [-0.39, 0.29) is 5.91 Å². The average Bonchev–Trinajstić information content (AvgIpc) is 2.68. The fraction of sp³-hybridized carbons (Fsp3) is 0.615. The van der Waals surface area contributed by atoms with Crippen LogP contribution in [-0.2, 0) is 4.74 Å². The molecule has 0 unspecified atom stereocenters. The van der Waals surface area contributed by atoms with Crippen molar-refractivity contribution in [2.75, 3.05) is 33.4 Å². The number of carbonyl (C=O) groups excluding carboxylic acids is 1. The summed E-state index contributed by atoms with van der Waals surface area (Å²) >= 11 is 0. The number of amides is 1. The van der Waals surface area contributed by atoms with Gasteiger partial charge in [0.2, 0.25) is 0 Å². The van der Waals surface area contributed by atoms with Crippen molar-refractivity contribution in [2.45, 2.75) is 20.3 Å². The zero-order valence-electron chi connectivity index (χ0n) is 11.4. The second kappa shape index (κ2) is 7.18. The van der Waals surface area contributed by atoms with Crippen molar-refractivity contribution < 1.29 is 13.9 Å². The van der Waals surface area contributed by atoms with E-state index in [0.29, 0.717) is 37.6 Å². The van der Waals surface area contributed by atoms with Gasteiger partial charge in [-0.3, -0.25) is 4.79 Å². The van der Waals surface area contributed by atoms with Crippen LogP contribution < -0.4 is 5.73 Å². The van der Waals surface area contributed by atoms with Crippen LogP contribution in [0.15, 0.2) is 10.5 Å². The number of nitrogens with zero attached hydrogens (tertiary/aromatic N) is 1. The van der Waals surface area contributed by atoms with Gasteiger partial charge in [-0.2, -0.15) is 0 Å². The molecule has 0 spiro atoms. The number of ether oxygens (including phenoxy) is 1. The molecule has 18 heavy (non-hydrogen) atoms. The predicted molar refractivity (Wildman–Crippen MR) is 69.6 cm³/mol. The average molecular weight is 254 g/mol. The summed E-state index contributed by atoms with van der Waals surface area (Å²) in [5.74, 6) is 1.39. The number of hydrogen-bond acceptors (Lipinski definition) is 4.